The van der Waals surface area contributed by atoms with Gasteiger partial charge >= 0.3 is 0 Å². The molecule has 2 amide bonds. The fraction of sp³-hybridized carbons (Fsp3) is 0.154. The van der Waals surface area contributed by atoms with Gasteiger partial charge in [0.15, 0.2) is 0 Å². The minimum absolute atomic E-state index is 0.0440. The number of para-hydroxylation sites is 1. The van der Waals surface area contributed by atoms with E-state index < -0.39 is 0 Å². The Morgan fingerprint density at radius 2 is 1.68 bits per heavy atom. The van der Waals surface area contributed by atoms with Crippen LogP contribution < -0.4 is 15.0 Å². The largest absolute Gasteiger partial charge is 0.457 e. The van der Waals surface area contributed by atoms with Gasteiger partial charge in [0.05, 0.1) is 5.92 Å². The smallest absolute Gasteiger partial charge is 0.232 e. The Balaban J connectivity index is 1.24. The number of rotatable bonds is 6. The molecule has 8 heteroatoms. The molecular weight excluding hydrogens is 432 g/mol. The molecule has 0 bridgehead atoms. The van der Waals surface area contributed by atoms with Gasteiger partial charge in [-0.25, -0.2) is 0 Å². The molecule has 0 radical (unpaired) electrons. The summed E-state index contributed by atoms with van der Waals surface area (Å²) >= 11 is 0. The fourth-order valence-corrected chi connectivity index (χ4v) is 3.87. The molecule has 8 nitrogen and oxygen atoms in total. The maximum Gasteiger partial charge on any atom is 0.232 e. The summed E-state index contributed by atoms with van der Waals surface area (Å²) in [5, 5.41) is 6.83. The molecule has 34 heavy (non-hydrogen) atoms. The molecule has 1 atom stereocenters. The average Bonchev–Trinajstić information content (AvgIpc) is 3.48. The van der Waals surface area contributed by atoms with Crippen LogP contribution in [0.15, 0.2) is 83.4 Å². The minimum Gasteiger partial charge on any atom is -0.457 e. The topological polar surface area (TPSA) is 97.6 Å². The summed E-state index contributed by atoms with van der Waals surface area (Å²) in [6.07, 6.45) is 0.337. The van der Waals surface area contributed by atoms with Gasteiger partial charge in [0, 0.05) is 36.8 Å². The Hall–Kier alpha value is -4.46. The Kier molecular flexibility index (Phi) is 5.78. The molecule has 0 aliphatic carbocycles. The first-order valence-electron chi connectivity index (χ1n) is 10.9. The molecule has 5 rings (SSSR count). The Morgan fingerprint density at radius 3 is 2.35 bits per heavy atom. The van der Waals surface area contributed by atoms with Crippen molar-refractivity contribution < 1.29 is 18.8 Å². The molecule has 0 unspecified atom stereocenters. The standard InChI is InChI=1S/C26H22N4O4/c1-17(31)27-20-9-13-23(14-10-20)33-22-11-7-18(8-12-22)25-28-26(34-29-25)19-15-24(32)30(16-19)21-5-3-2-4-6-21/h2-14,19H,15-16H2,1H3,(H,27,31)/t19-/m1/s1. The monoisotopic (exact) mass is 454 g/mol. The van der Waals surface area contributed by atoms with Crippen molar-refractivity contribution in [2.45, 2.75) is 19.3 Å². The van der Waals surface area contributed by atoms with E-state index >= 15 is 0 Å². The van der Waals surface area contributed by atoms with Gasteiger partial charge in [-0.3, -0.25) is 9.59 Å². The Morgan fingerprint density at radius 1 is 1.00 bits per heavy atom. The quantitative estimate of drug-likeness (QED) is 0.440. The molecule has 1 saturated heterocycles. The number of anilines is 2. The number of hydrogen-bond acceptors (Lipinski definition) is 6. The second kappa shape index (κ2) is 9.19. The lowest BCUT2D eigenvalue weighted by Gasteiger charge is -2.15. The SMILES string of the molecule is CC(=O)Nc1ccc(Oc2ccc(-c3noc([C@@H]4CC(=O)N(c5ccccc5)C4)n3)cc2)cc1. The van der Waals surface area contributed by atoms with Crippen molar-refractivity contribution in [3.8, 4) is 22.9 Å². The van der Waals surface area contributed by atoms with Gasteiger partial charge < -0.3 is 19.5 Å². The second-order valence-electron chi connectivity index (χ2n) is 8.03. The summed E-state index contributed by atoms with van der Waals surface area (Å²) in [5.41, 5.74) is 2.36. The highest BCUT2D eigenvalue weighted by atomic mass is 16.5. The highest BCUT2D eigenvalue weighted by molar-refractivity contribution is 5.96. The maximum atomic E-state index is 12.5. The first-order chi connectivity index (χ1) is 16.5. The fourth-order valence-electron chi connectivity index (χ4n) is 3.87. The zero-order valence-corrected chi connectivity index (χ0v) is 18.5. The maximum absolute atomic E-state index is 12.5. The van der Waals surface area contributed by atoms with Gasteiger partial charge in [-0.1, -0.05) is 23.4 Å². The number of ether oxygens (including phenoxy) is 1. The number of nitrogens with one attached hydrogen (secondary N) is 1. The lowest BCUT2D eigenvalue weighted by atomic mass is 10.1. The van der Waals surface area contributed by atoms with Crippen molar-refractivity contribution in [3.63, 3.8) is 0 Å². The third-order valence-electron chi connectivity index (χ3n) is 5.51. The highest BCUT2D eigenvalue weighted by Crippen LogP contribution is 2.32. The van der Waals surface area contributed by atoms with Gasteiger partial charge in [-0.05, 0) is 60.7 Å². The summed E-state index contributed by atoms with van der Waals surface area (Å²) in [4.78, 5) is 29.9. The van der Waals surface area contributed by atoms with Crippen LogP contribution in [-0.4, -0.2) is 28.5 Å². The number of nitrogens with zero attached hydrogens (tertiary/aromatic N) is 3. The first kappa shape index (κ1) is 21.4. The molecule has 1 aliphatic rings. The van der Waals surface area contributed by atoms with Crippen molar-refractivity contribution in [3.05, 3.63) is 84.8 Å². The number of benzene rings is 3. The molecule has 1 fully saturated rings. The zero-order valence-electron chi connectivity index (χ0n) is 18.5. The summed E-state index contributed by atoms with van der Waals surface area (Å²) in [6, 6.07) is 24.1. The van der Waals surface area contributed by atoms with Gasteiger partial charge in [0.1, 0.15) is 11.5 Å². The first-order valence-corrected chi connectivity index (χ1v) is 10.9. The van der Waals surface area contributed by atoms with Gasteiger partial charge in [0.2, 0.25) is 23.5 Å². The van der Waals surface area contributed by atoms with Crippen LogP contribution in [0.25, 0.3) is 11.4 Å². The molecular formula is C26H22N4O4. The third kappa shape index (κ3) is 4.66. The van der Waals surface area contributed by atoms with Crippen LogP contribution in [0, 0.1) is 0 Å². The van der Waals surface area contributed by atoms with E-state index in [1.165, 1.54) is 6.92 Å². The molecule has 2 heterocycles. The Labute approximate surface area is 196 Å². The Bertz CT molecular complexity index is 1300. The third-order valence-corrected chi connectivity index (χ3v) is 5.51. The lowest BCUT2D eigenvalue weighted by molar-refractivity contribution is -0.117. The van der Waals surface area contributed by atoms with Crippen LogP contribution in [0.1, 0.15) is 25.2 Å². The molecule has 0 saturated carbocycles. The van der Waals surface area contributed by atoms with Crippen molar-refractivity contribution in [1.29, 1.82) is 0 Å². The molecule has 170 valence electrons. The van der Waals surface area contributed by atoms with Crippen LogP contribution in [0.5, 0.6) is 11.5 Å². The molecule has 1 aliphatic heterocycles. The number of carbonyl (C=O) groups excluding carboxylic acids is 2. The van der Waals surface area contributed by atoms with E-state index in [0.29, 0.717) is 41.9 Å². The van der Waals surface area contributed by atoms with E-state index in [0.717, 1.165) is 11.3 Å². The van der Waals surface area contributed by atoms with E-state index in [4.69, 9.17) is 9.26 Å². The summed E-state index contributed by atoms with van der Waals surface area (Å²) < 4.78 is 11.4. The zero-order chi connectivity index (χ0) is 23.5. The van der Waals surface area contributed by atoms with E-state index in [1.54, 1.807) is 29.2 Å². The summed E-state index contributed by atoms with van der Waals surface area (Å²) in [5.74, 6) is 2.01. The predicted octanol–water partition coefficient (Wildman–Crippen LogP) is 5.01. The number of hydrogen-bond donors (Lipinski definition) is 1. The number of carbonyl (C=O) groups is 2. The highest BCUT2D eigenvalue weighted by Gasteiger charge is 2.35. The van der Waals surface area contributed by atoms with E-state index in [-0.39, 0.29) is 17.7 Å². The van der Waals surface area contributed by atoms with Crippen LogP contribution in [0.4, 0.5) is 11.4 Å². The van der Waals surface area contributed by atoms with Crippen LogP contribution in [-0.2, 0) is 9.59 Å². The van der Waals surface area contributed by atoms with Crippen molar-refractivity contribution in [1.82, 2.24) is 10.1 Å². The number of amides is 2. The van der Waals surface area contributed by atoms with E-state index in [2.05, 4.69) is 15.5 Å². The van der Waals surface area contributed by atoms with Crippen LogP contribution in [0.3, 0.4) is 0 Å². The normalized spacial score (nSPS) is 15.4. The van der Waals surface area contributed by atoms with Crippen LogP contribution >= 0.6 is 0 Å². The van der Waals surface area contributed by atoms with Gasteiger partial charge in [0.25, 0.3) is 0 Å². The number of aromatic nitrogens is 2. The predicted molar refractivity (Wildman–Crippen MR) is 127 cm³/mol. The molecule has 1 N–H and O–H groups in total. The van der Waals surface area contributed by atoms with E-state index in [9.17, 15) is 9.59 Å². The second-order valence-corrected chi connectivity index (χ2v) is 8.03. The lowest BCUT2D eigenvalue weighted by Crippen LogP contribution is -2.24. The molecule has 3 aromatic carbocycles. The van der Waals surface area contributed by atoms with Crippen LogP contribution in [0.2, 0.25) is 0 Å². The van der Waals surface area contributed by atoms with E-state index in [1.807, 2.05) is 54.6 Å². The van der Waals surface area contributed by atoms with Crippen molar-refractivity contribution >= 4 is 23.2 Å². The molecule has 1 aromatic heterocycles. The molecule has 0 spiro atoms. The summed E-state index contributed by atoms with van der Waals surface area (Å²) in [7, 11) is 0. The average molecular weight is 454 g/mol. The van der Waals surface area contributed by atoms with Gasteiger partial charge in [-0.2, -0.15) is 4.98 Å². The summed E-state index contributed by atoms with van der Waals surface area (Å²) in [6.45, 7) is 1.98. The molecule has 4 aromatic rings. The van der Waals surface area contributed by atoms with Gasteiger partial charge in [-0.15, -0.1) is 0 Å². The minimum atomic E-state index is -0.142. The van der Waals surface area contributed by atoms with Crippen molar-refractivity contribution in [2.75, 3.05) is 16.8 Å². The van der Waals surface area contributed by atoms with Crippen molar-refractivity contribution in [2.24, 2.45) is 0 Å².